The van der Waals surface area contributed by atoms with Crippen LogP contribution in [0.5, 0.6) is 0 Å². The number of aryl methyl sites for hydroxylation is 2. The largest absolute Gasteiger partial charge is 0.465 e. The van der Waals surface area contributed by atoms with Gasteiger partial charge in [0.1, 0.15) is 0 Å². The third kappa shape index (κ3) is 6.79. The fourth-order valence-corrected chi connectivity index (χ4v) is 3.84. The van der Waals surface area contributed by atoms with Gasteiger partial charge in [-0.3, -0.25) is 0 Å². The van der Waals surface area contributed by atoms with E-state index in [0.29, 0.717) is 5.56 Å². The van der Waals surface area contributed by atoms with Crippen LogP contribution in [0.1, 0.15) is 39.0 Å². The predicted molar refractivity (Wildman–Crippen MR) is 139 cm³/mol. The lowest BCUT2D eigenvalue weighted by atomic mass is 10.0. The average Bonchev–Trinajstić information content (AvgIpc) is 3.22. The summed E-state index contributed by atoms with van der Waals surface area (Å²) in [5.41, 5.74) is 7.08. The van der Waals surface area contributed by atoms with Gasteiger partial charge in [-0.25, -0.2) is 14.8 Å². The van der Waals surface area contributed by atoms with Gasteiger partial charge in [-0.15, -0.1) is 36.2 Å². The van der Waals surface area contributed by atoms with E-state index in [1.54, 1.807) is 23.5 Å². The summed E-state index contributed by atoms with van der Waals surface area (Å²) in [5, 5.41) is 3.12. The Hall–Kier alpha value is -2.41. The van der Waals surface area contributed by atoms with Crippen molar-refractivity contribution in [2.45, 2.75) is 27.2 Å². The SMILES string of the molecule is CCN(C)/C=N/c1cc(C)c(Cc2nc(-c3ccc(C(=O)OC)cc3)cs2)cc1C.Cl.Cl. The Labute approximate surface area is 206 Å². The number of halogens is 2. The Morgan fingerprint density at radius 1 is 1.16 bits per heavy atom. The maximum absolute atomic E-state index is 11.6. The summed E-state index contributed by atoms with van der Waals surface area (Å²) in [5.74, 6) is -0.333. The Kier molecular flexibility index (Phi) is 10.9. The van der Waals surface area contributed by atoms with Gasteiger partial charge in [0.25, 0.3) is 0 Å². The van der Waals surface area contributed by atoms with Gasteiger partial charge in [-0.2, -0.15) is 0 Å². The first-order valence-corrected chi connectivity index (χ1v) is 10.8. The Morgan fingerprint density at radius 2 is 1.84 bits per heavy atom. The van der Waals surface area contributed by atoms with Gasteiger partial charge < -0.3 is 9.64 Å². The lowest BCUT2D eigenvalue weighted by molar-refractivity contribution is 0.0600. The summed E-state index contributed by atoms with van der Waals surface area (Å²) in [6, 6.07) is 11.7. The first-order chi connectivity index (χ1) is 14.4. The van der Waals surface area contributed by atoms with Crippen molar-refractivity contribution < 1.29 is 9.53 Å². The smallest absolute Gasteiger partial charge is 0.337 e. The highest BCUT2D eigenvalue weighted by Crippen LogP contribution is 2.28. The molecular formula is C24H29Cl2N3O2S. The van der Waals surface area contributed by atoms with E-state index < -0.39 is 0 Å². The molecule has 0 aliphatic rings. The number of nitrogens with zero attached hydrogens (tertiary/aromatic N) is 3. The molecule has 3 aromatic rings. The van der Waals surface area contributed by atoms with Gasteiger partial charge in [0.05, 0.1) is 35.4 Å². The molecule has 0 aliphatic heterocycles. The number of aromatic nitrogens is 1. The van der Waals surface area contributed by atoms with E-state index in [4.69, 9.17) is 9.72 Å². The van der Waals surface area contributed by atoms with Crippen molar-refractivity contribution in [3.63, 3.8) is 0 Å². The fourth-order valence-electron chi connectivity index (χ4n) is 3.02. The van der Waals surface area contributed by atoms with Crippen LogP contribution in [-0.4, -0.2) is 42.9 Å². The molecule has 3 rings (SSSR count). The quantitative estimate of drug-likeness (QED) is 0.221. The topological polar surface area (TPSA) is 54.8 Å². The molecule has 0 amide bonds. The molecule has 1 heterocycles. The van der Waals surface area contributed by atoms with Gasteiger partial charge in [0, 0.05) is 31.0 Å². The number of methoxy groups -OCH3 is 1. The monoisotopic (exact) mass is 493 g/mol. The highest BCUT2D eigenvalue weighted by molar-refractivity contribution is 7.10. The molecule has 0 radical (unpaired) electrons. The molecule has 2 aromatic carbocycles. The molecule has 1 aromatic heterocycles. The van der Waals surface area contributed by atoms with Crippen LogP contribution in [0.25, 0.3) is 11.3 Å². The van der Waals surface area contributed by atoms with Crippen molar-refractivity contribution >= 4 is 54.1 Å². The zero-order valence-electron chi connectivity index (χ0n) is 18.9. The number of carbonyl (C=O) groups excluding carboxylic acids is 1. The third-order valence-corrected chi connectivity index (χ3v) is 5.89. The minimum Gasteiger partial charge on any atom is -0.465 e. The van der Waals surface area contributed by atoms with Crippen LogP contribution in [0.4, 0.5) is 5.69 Å². The van der Waals surface area contributed by atoms with Crippen molar-refractivity contribution in [3.05, 3.63) is 69.0 Å². The fraction of sp³-hybridized carbons (Fsp3) is 0.292. The highest BCUT2D eigenvalue weighted by atomic mass is 35.5. The minimum absolute atomic E-state index is 0. The molecule has 5 nitrogen and oxygen atoms in total. The second kappa shape index (κ2) is 12.6. The van der Waals surface area contributed by atoms with E-state index >= 15 is 0 Å². The third-order valence-electron chi connectivity index (χ3n) is 5.04. The number of esters is 1. The van der Waals surface area contributed by atoms with Gasteiger partial charge in [0.15, 0.2) is 0 Å². The number of carbonyl (C=O) groups is 1. The zero-order chi connectivity index (χ0) is 21.7. The first kappa shape index (κ1) is 27.6. The van der Waals surface area contributed by atoms with E-state index in [9.17, 15) is 4.79 Å². The summed E-state index contributed by atoms with van der Waals surface area (Å²) in [7, 11) is 3.40. The van der Waals surface area contributed by atoms with Crippen LogP contribution in [0.15, 0.2) is 46.8 Å². The second-order valence-electron chi connectivity index (χ2n) is 7.26. The van der Waals surface area contributed by atoms with Crippen LogP contribution in [0.3, 0.4) is 0 Å². The molecule has 0 fully saturated rings. The van der Waals surface area contributed by atoms with E-state index in [0.717, 1.165) is 40.5 Å². The van der Waals surface area contributed by atoms with E-state index in [2.05, 4.69) is 48.2 Å². The molecule has 0 saturated carbocycles. The normalized spacial score (nSPS) is 10.4. The van der Waals surface area contributed by atoms with Gasteiger partial charge >= 0.3 is 5.97 Å². The van der Waals surface area contributed by atoms with Crippen molar-refractivity contribution in [2.24, 2.45) is 4.99 Å². The van der Waals surface area contributed by atoms with Crippen molar-refractivity contribution in [3.8, 4) is 11.3 Å². The predicted octanol–water partition coefficient (Wildman–Crippen LogP) is 6.26. The maximum Gasteiger partial charge on any atom is 0.337 e. The minimum atomic E-state index is -0.333. The Bertz CT molecular complexity index is 1070. The van der Waals surface area contributed by atoms with E-state index in [1.165, 1.54) is 18.2 Å². The van der Waals surface area contributed by atoms with Crippen LogP contribution in [0.2, 0.25) is 0 Å². The molecule has 0 saturated heterocycles. The van der Waals surface area contributed by atoms with Crippen LogP contribution < -0.4 is 0 Å². The van der Waals surface area contributed by atoms with Gasteiger partial charge in [-0.05, 0) is 55.7 Å². The van der Waals surface area contributed by atoms with Crippen molar-refractivity contribution in [1.29, 1.82) is 0 Å². The van der Waals surface area contributed by atoms with Crippen molar-refractivity contribution in [2.75, 3.05) is 20.7 Å². The molecule has 0 bridgehead atoms. The number of thiazole rings is 1. The molecular weight excluding hydrogens is 465 g/mol. The molecule has 0 unspecified atom stereocenters. The summed E-state index contributed by atoms with van der Waals surface area (Å²) < 4.78 is 4.75. The molecule has 32 heavy (non-hydrogen) atoms. The molecule has 8 heteroatoms. The van der Waals surface area contributed by atoms with Gasteiger partial charge in [-0.1, -0.05) is 18.2 Å². The number of benzene rings is 2. The number of rotatable bonds is 7. The first-order valence-electron chi connectivity index (χ1n) is 9.89. The Balaban J connectivity index is 0.00000256. The van der Waals surface area contributed by atoms with Crippen LogP contribution in [-0.2, 0) is 11.2 Å². The van der Waals surface area contributed by atoms with Crippen molar-refractivity contribution in [1.82, 2.24) is 9.88 Å². The zero-order valence-corrected chi connectivity index (χ0v) is 21.4. The molecule has 0 atom stereocenters. The second-order valence-corrected chi connectivity index (χ2v) is 8.20. The van der Waals surface area contributed by atoms with Crippen LogP contribution >= 0.6 is 36.2 Å². The average molecular weight is 494 g/mol. The molecule has 172 valence electrons. The summed E-state index contributed by atoms with van der Waals surface area (Å²) in [6.45, 7) is 7.25. The number of ether oxygens (including phenoxy) is 1. The molecule has 0 spiro atoms. The van der Waals surface area contributed by atoms with E-state index in [1.807, 2.05) is 25.5 Å². The highest BCUT2D eigenvalue weighted by Gasteiger charge is 2.11. The lowest BCUT2D eigenvalue weighted by Gasteiger charge is -2.11. The lowest BCUT2D eigenvalue weighted by Crippen LogP contribution is -2.14. The molecule has 0 N–H and O–H groups in total. The molecule has 0 aliphatic carbocycles. The Morgan fingerprint density at radius 3 is 2.47 bits per heavy atom. The van der Waals surface area contributed by atoms with E-state index in [-0.39, 0.29) is 30.8 Å². The van der Waals surface area contributed by atoms with Gasteiger partial charge in [0.2, 0.25) is 0 Å². The summed E-state index contributed by atoms with van der Waals surface area (Å²) in [4.78, 5) is 23.1. The summed E-state index contributed by atoms with van der Waals surface area (Å²) >= 11 is 1.65. The maximum atomic E-state index is 11.6. The number of hydrogen-bond acceptors (Lipinski definition) is 5. The standard InChI is InChI=1S/C24H27N3O2S.2ClH/c1-6-27(4)15-25-21-12-16(2)20(11-17(21)3)13-23-26-22(14-30-23)18-7-9-19(10-8-18)24(28)29-5;;/h7-12,14-15H,6,13H2,1-5H3;2*1H/b25-15+;;. The number of hydrogen-bond donors (Lipinski definition) is 0. The number of aliphatic imine (C=N–C) groups is 1. The summed E-state index contributed by atoms with van der Waals surface area (Å²) in [6.07, 6.45) is 2.66. The van der Waals surface area contributed by atoms with Crippen LogP contribution in [0, 0.1) is 13.8 Å².